The lowest BCUT2D eigenvalue weighted by atomic mass is 9.60. The van der Waals surface area contributed by atoms with Crippen molar-refractivity contribution < 1.29 is 9.90 Å². The Bertz CT molecular complexity index is 859. The Balaban J connectivity index is 1.45. The smallest absolute Gasteiger partial charge is 0.217 e. The van der Waals surface area contributed by atoms with E-state index in [4.69, 9.17) is 0 Å². The Labute approximate surface area is 184 Å². The van der Waals surface area contributed by atoms with Gasteiger partial charge >= 0.3 is 0 Å². The minimum absolute atomic E-state index is 0.103. The summed E-state index contributed by atoms with van der Waals surface area (Å²) in [6.45, 7) is 4.23. The number of rotatable bonds is 8. The number of aliphatic hydroxyl groups excluding tert-OH is 1. The van der Waals surface area contributed by atoms with Gasteiger partial charge in [-0.05, 0) is 61.1 Å². The van der Waals surface area contributed by atoms with Gasteiger partial charge < -0.3 is 15.7 Å². The van der Waals surface area contributed by atoms with Gasteiger partial charge in [0.15, 0.2) is 0 Å². The van der Waals surface area contributed by atoms with Crippen molar-refractivity contribution in [2.24, 2.45) is 5.41 Å². The molecule has 0 radical (unpaired) electrons. The molecule has 0 saturated heterocycles. The van der Waals surface area contributed by atoms with E-state index < -0.39 is 6.10 Å². The fourth-order valence-electron chi connectivity index (χ4n) is 5.12. The van der Waals surface area contributed by atoms with Crippen LogP contribution in [0, 0.1) is 5.41 Å². The van der Waals surface area contributed by atoms with Crippen LogP contribution < -0.4 is 10.6 Å². The van der Waals surface area contributed by atoms with Gasteiger partial charge in [0.25, 0.3) is 0 Å². The molecule has 5 heteroatoms. The fourth-order valence-corrected chi connectivity index (χ4v) is 6.47. The second-order valence-corrected chi connectivity index (χ2v) is 10.4. The lowest BCUT2D eigenvalue weighted by Gasteiger charge is -2.47. The van der Waals surface area contributed by atoms with Crippen molar-refractivity contribution in [3.8, 4) is 0 Å². The summed E-state index contributed by atoms with van der Waals surface area (Å²) in [6, 6.07) is 12.4. The fraction of sp³-hybridized carbons (Fsp3) is 0.560. The zero-order chi connectivity index (χ0) is 21.1. The molecule has 3 atom stereocenters. The summed E-state index contributed by atoms with van der Waals surface area (Å²) in [5, 5.41) is 17.6. The number of fused-ring (bicyclic) bond motifs is 1. The van der Waals surface area contributed by atoms with Crippen molar-refractivity contribution in [2.45, 2.75) is 77.0 Å². The van der Waals surface area contributed by atoms with Crippen LogP contribution in [0.3, 0.4) is 0 Å². The van der Waals surface area contributed by atoms with Crippen LogP contribution in [0.1, 0.15) is 66.5 Å². The zero-order valence-corrected chi connectivity index (χ0v) is 18.9. The van der Waals surface area contributed by atoms with E-state index >= 15 is 0 Å². The molecule has 1 saturated carbocycles. The number of hydrogen-bond donors (Lipinski definition) is 3. The first-order valence-electron chi connectivity index (χ1n) is 11.3. The number of nitrogens with one attached hydrogen (secondary N) is 2. The van der Waals surface area contributed by atoms with Crippen molar-refractivity contribution in [1.82, 2.24) is 10.6 Å². The highest BCUT2D eigenvalue weighted by Gasteiger charge is 2.44. The first kappa shape index (κ1) is 21.5. The predicted octanol–water partition coefficient (Wildman–Crippen LogP) is 4.17. The van der Waals surface area contributed by atoms with E-state index in [1.54, 1.807) is 4.88 Å². The number of benzene rings is 1. The normalized spacial score (nSPS) is 21.5. The minimum atomic E-state index is -0.638. The Morgan fingerprint density at radius 2 is 2.07 bits per heavy atom. The Hall–Kier alpha value is -1.69. The average molecular weight is 427 g/mol. The number of hydrogen-bond acceptors (Lipinski definition) is 4. The predicted molar refractivity (Wildman–Crippen MR) is 123 cm³/mol. The monoisotopic (exact) mass is 426 g/mol. The molecule has 4 nitrogen and oxygen atoms in total. The third-order valence-electron chi connectivity index (χ3n) is 6.93. The highest BCUT2D eigenvalue weighted by atomic mass is 32.1. The topological polar surface area (TPSA) is 61.4 Å². The van der Waals surface area contributed by atoms with E-state index in [1.807, 2.05) is 41.7 Å². The Morgan fingerprint density at radius 1 is 1.30 bits per heavy atom. The minimum Gasteiger partial charge on any atom is -0.390 e. The molecular formula is C25H34N2O2S. The lowest BCUT2D eigenvalue weighted by molar-refractivity contribution is -0.120. The zero-order valence-electron chi connectivity index (χ0n) is 18.1. The SMILES string of the molecule is CCc1cc2c(s1)CC1(CCC1)C[C@@H]2NC[C@H](O)[C@H](Cc1ccccc1)NC(C)=O. The molecule has 2 aliphatic rings. The molecule has 1 fully saturated rings. The summed E-state index contributed by atoms with van der Waals surface area (Å²) in [7, 11) is 0. The van der Waals surface area contributed by atoms with Crippen molar-refractivity contribution in [3.63, 3.8) is 0 Å². The first-order valence-corrected chi connectivity index (χ1v) is 12.1. The maximum atomic E-state index is 11.7. The van der Waals surface area contributed by atoms with Crippen LogP contribution in [0.2, 0.25) is 0 Å². The summed E-state index contributed by atoms with van der Waals surface area (Å²) >= 11 is 1.98. The Kier molecular flexibility index (Phi) is 6.61. The molecule has 1 aromatic heterocycles. The average Bonchev–Trinajstić information content (AvgIpc) is 3.13. The molecule has 1 amide bonds. The third-order valence-corrected chi connectivity index (χ3v) is 8.22. The first-order chi connectivity index (χ1) is 14.5. The summed E-state index contributed by atoms with van der Waals surface area (Å²) in [5.74, 6) is -0.103. The van der Waals surface area contributed by atoms with Crippen LogP contribution in [-0.2, 0) is 24.1 Å². The summed E-state index contributed by atoms with van der Waals surface area (Å²) in [6.07, 6.45) is 7.47. The number of carbonyl (C=O) groups excluding carboxylic acids is 1. The second-order valence-electron chi connectivity index (χ2n) is 9.20. The Morgan fingerprint density at radius 3 is 2.70 bits per heavy atom. The standard InChI is InChI=1S/C25H34N2O2S/c1-3-19-13-20-22(14-25(10-7-11-25)15-24(20)30-19)26-16-23(29)21(27-17(2)28)12-18-8-5-4-6-9-18/h4-6,8-9,13,21-23,26,29H,3,7,10-12,14-16H2,1-2H3,(H,27,28)/t21-,22-,23-/m0/s1. The summed E-state index contributed by atoms with van der Waals surface area (Å²) in [4.78, 5) is 14.8. The molecule has 0 unspecified atom stereocenters. The highest BCUT2D eigenvalue weighted by Crippen LogP contribution is 2.54. The van der Waals surface area contributed by atoms with Gasteiger partial charge in [0.1, 0.15) is 0 Å². The van der Waals surface area contributed by atoms with Crippen LogP contribution in [0.15, 0.2) is 36.4 Å². The van der Waals surface area contributed by atoms with E-state index in [0.29, 0.717) is 24.4 Å². The molecule has 3 N–H and O–H groups in total. The second kappa shape index (κ2) is 9.21. The van der Waals surface area contributed by atoms with Crippen LogP contribution in [0.4, 0.5) is 0 Å². The van der Waals surface area contributed by atoms with Crippen molar-refractivity contribution in [1.29, 1.82) is 0 Å². The summed E-state index contributed by atoms with van der Waals surface area (Å²) < 4.78 is 0. The van der Waals surface area contributed by atoms with E-state index in [1.165, 1.54) is 43.0 Å². The van der Waals surface area contributed by atoms with E-state index in [0.717, 1.165) is 18.4 Å². The molecule has 0 bridgehead atoms. The maximum Gasteiger partial charge on any atom is 0.217 e. The van der Waals surface area contributed by atoms with Gasteiger partial charge in [0.05, 0.1) is 12.1 Å². The van der Waals surface area contributed by atoms with Gasteiger partial charge in [-0.3, -0.25) is 4.79 Å². The summed E-state index contributed by atoms with van der Waals surface area (Å²) in [5.41, 5.74) is 3.03. The van der Waals surface area contributed by atoms with Gasteiger partial charge in [-0.25, -0.2) is 0 Å². The maximum absolute atomic E-state index is 11.7. The molecule has 2 aromatic rings. The number of aryl methyl sites for hydroxylation is 1. The molecule has 4 rings (SSSR count). The van der Waals surface area contributed by atoms with Gasteiger partial charge in [-0.2, -0.15) is 0 Å². The number of aliphatic hydroxyl groups is 1. The van der Waals surface area contributed by atoms with Crippen LogP contribution >= 0.6 is 11.3 Å². The van der Waals surface area contributed by atoms with Gasteiger partial charge in [0.2, 0.25) is 5.91 Å². The van der Waals surface area contributed by atoms with Gasteiger partial charge in [-0.1, -0.05) is 43.7 Å². The molecule has 0 aliphatic heterocycles. The van der Waals surface area contributed by atoms with Crippen LogP contribution in [-0.4, -0.2) is 29.7 Å². The quantitative estimate of drug-likeness (QED) is 0.594. The van der Waals surface area contributed by atoms with E-state index in [2.05, 4.69) is 23.6 Å². The molecular weight excluding hydrogens is 392 g/mol. The molecule has 1 spiro atoms. The van der Waals surface area contributed by atoms with Crippen molar-refractivity contribution in [3.05, 3.63) is 57.3 Å². The van der Waals surface area contributed by atoms with Crippen molar-refractivity contribution >= 4 is 17.2 Å². The largest absolute Gasteiger partial charge is 0.390 e. The third kappa shape index (κ3) is 4.79. The van der Waals surface area contributed by atoms with Crippen LogP contribution in [0.25, 0.3) is 0 Å². The number of carbonyl (C=O) groups is 1. The number of thiophene rings is 1. The van der Waals surface area contributed by atoms with Gasteiger partial charge in [-0.15, -0.1) is 11.3 Å². The van der Waals surface area contributed by atoms with Gasteiger partial charge in [0, 0.05) is 29.3 Å². The highest BCUT2D eigenvalue weighted by molar-refractivity contribution is 7.12. The molecule has 1 heterocycles. The molecule has 30 heavy (non-hydrogen) atoms. The lowest BCUT2D eigenvalue weighted by Crippen LogP contribution is -2.49. The molecule has 1 aromatic carbocycles. The molecule has 2 aliphatic carbocycles. The van der Waals surface area contributed by atoms with Crippen molar-refractivity contribution in [2.75, 3.05) is 6.54 Å². The number of amides is 1. The van der Waals surface area contributed by atoms with E-state index in [-0.39, 0.29) is 11.9 Å². The molecule has 162 valence electrons. The van der Waals surface area contributed by atoms with E-state index in [9.17, 15) is 9.90 Å². The van der Waals surface area contributed by atoms with Crippen LogP contribution in [0.5, 0.6) is 0 Å².